The van der Waals surface area contributed by atoms with Gasteiger partial charge in [0.2, 0.25) is 0 Å². The van der Waals surface area contributed by atoms with Gasteiger partial charge in [0.1, 0.15) is 29.8 Å². The molecule has 2 aromatic carbocycles. The number of para-hydroxylation sites is 2. The largest absolute Gasteiger partial charge is 0.507 e. The number of benzene rings is 2. The molecule has 1 heterocycles. The third kappa shape index (κ3) is 2.21. The number of aromatic hydroxyl groups is 2. The van der Waals surface area contributed by atoms with Crippen molar-refractivity contribution in [3.8, 4) is 11.5 Å². The lowest BCUT2D eigenvalue weighted by Crippen LogP contribution is -2.35. The van der Waals surface area contributed by atoms with Crippen molar-refractivity contribution in [2.45, 2.75) is 0 Å². The minimum Gasteiger partial charge on any atom is -0.507 e. The molecular formula is C15H13N3O2. The molecule has 5 nitrogen and oxygen atoms in total. The molecule has 5 heteroatoms. The Hall–Kier alpha value is -2.82. The van der Waals surface area contributed by atoms with Crippen LogP contribution in [0.5, 0.6) is 11.5 Å². The van der Waals surface area contributed by atoms with E-state index >= 15 is 0 Å². The zero-order chi connectivity index (χ0) is 13.9. The van der Waals surface area contributed by atoms with Crippen LogP contribution in [0, 0.1) is 0 Å². The van der Waals surface area contributed by atoms with Crippen LogP contribution in [0.3, 0.4) is 0 Å². The maximum absolute atomic E-state index is 9.86. The van der Waals surface area contributed by atoms with Gasteiger partial charge in [-0.3, -0.25) is 0 Å². The van der Waals surface area contributed by atoms with Crippen LogP contribution in [0.2, 0.25) is 0 Å². The number of rotatable bonds is 2. The summed E-state index contributed by atoms with van der Waals surface area (Å²) in [7, 11) is 0. The van der Waals surface area contributed by atoms with E-state index in [0.29, 0.717) is 22.8 Å². The summed E-state index contributed by atoms with van der Waals surface area (Å²) in [6.45, 7) is 0.250. The number of hydrogen-bond donors (Lipinski definition) is 3. The summed E-state index contributed by atoms with van der Waals surface area (Å²) >= 11 is 0. The Morgan fingerprint density at radius 2 is 1.20 bits per heavy atom. The molecule has 3 N–H and O–H groups in total. The average molecular weight is 267 g/mol. The van der Waals surface area contributed by atoms with E-state index in [1.807, 2.05) is 12.1 Å². The molecule has 3 rings (SSSR count). The summed E-state index contributed by atoms with van der Waals surface area (Å²) in [6.07, 6.45) is 0. The summed E-state index contributed by atoms with van der Waals surface area (Å²) in [4.78, 5) is 8.48. The molecule has 0 saturated carbocycles. The van der Waals surface area contributed by atoms with E-state index in [4.69, 9.17) is 0 Å². The Labute approximate surface area is 116 Å². The molecule has 2 aromatic rings. The van der Waals surface area contributed by atoms with Crippen LogP contribution in [-0.2, 0) is 0 Å². The number of amidine groups is 2. The fourth-order valence-corrected chi connectivity index (χ4v) is 2.02. The summed E-state index contributed by atoms with van der Waals surface area (Å²) < 4.78 is 0. The van der Waals surface area contributed by atoms with Crippen molar-refractivity contribution in [3.63, 3.8) is 0 Å². The second kappa shape index (κ2) is 5.05. The first kappa shape index (κ1) is 12.2. The molecule has 0 aliphatic carbocycles. The van der Waals surface area contributed by atoms with E-state index in [-0.39, 0.29) is 18.2 Å². The number of phenolic OH excluding ortho intramolecular Hbond substituents is 2. The van der Waals surface area contributed by atoms with Gasteiger partial charge in [-0.15, -0.1) is 0 Å². The van der Waals surface area contributed by atoms with Gasteiger partial charge in [0, 0.05) is 0 Å². The second-order valence-electron chi connectivity index (χ2n) is 4.31. The molecule has 100 valence electrons. The zero-order valence-corrected chi connectivity index (χ0v) is 10.6. The van der Waals surface area contributed by atoms with Crippen LogP contribution in [0.4, 0.5) is 0 Å². The lowest BCUT2D eigenvalue weighted by atomic mass is 10.1. The zero-order valence-electron chi connectivity index (χ0n) is 10.6. The van der Waals surface area contributed by atoms with Gasteiger partial charge < -0.3 is 15.5 Å². The normalized spacial score (nSPS) is 14.2. The molecule has 0 unspecified atom stereocenters. The Bertz CT molecular complexity index is 648. The molecule has 1 aliphatic rings. The Balaban J connectivity index is 1.92. The van der Waals surface area contributed by atoms with Crippen molar-refractivity contribution in [3.05, 3.63) is 59.7 Å². The first-order valence-corrected chi connectivity index (χ1v) is 6.18. The Kier molecular flexibility index (Phi) is 3.09. The number of nitrogens with one attached hydrogen (secondary N) is 1. The highest BCUT2D eigenvalue weighted by molar-refractivity contribution is 6.17. The van der Waals surface area contributed by atoms with Crippen LogP contribution in [0.1, 0.15) is 11.1 Å². The molecule has 0 saturated heterocycles. The van der Waals surface area contributed by atoms with Crippen molar-refractivity contribution in [1.82, 2.24) is 5.32 Å². The maximum Gasteiger partial charge on any atom is 0.139 e. The SMILES string of the molecule is Oc1ccccc1C1=NCN=C(c2ccccc2O)N1. The molecule has 20 heavy (non-hydrogen) atoms. The van der Waals surface area contributed by atoms with E-state index in [0.717, 1.165) is 0 Å². The van der Waals surface area contributed by atoms with Gasteiger partial charge in [-0.05, 0) is 24.3 Å². The lowest BCUT2D eigenvalue weighted by molar-refractivity contribution is 0.474. The van der Waals surface area contributed by atoms with Gasteiger partial charge in [0.05, 0.1) is 11.1 Å². The fourth-order valence-electron chi connectivity index (χ4n) is 2.02. The molecule has 1 aliphatic heterocycles. The predicted octanol–water partition coefficient (Wildman–Crippen LogP) is 1.85. The van der Waals surface area contributed by atoms with Crippen LogP contribution in [0.25, 0.3) is 0 Å². The van der Waals surface area contributed by atoms with Crippen molar-refractivity contribution in [2.24, 2.45) is 9.98 Å². The molecule has 0 fully saturated rings. The van der Waals surface area contributed by atoms with Crippen LogP contribution in [-0.4, -0.2) is 28.6 Å². The number of hydrogen-bond acceptors (Lipinski definition) is 5. The Morgan fingerprint density at radius 3 is 1.65 bits per heavy atom. The number of aliphatic imine (C=N–C) groups is 2. The molecule has 0 atom stereocenters. The van der Waals surface area contributed by atoms with E-state index in [9.17, 15) is 10.2 Å². The van der Waals surface area contributed by atoms with Crippen LogP contribution < -0.4 is 5.32 Å². The molecular weight excluding hydrogens is 254 g/mol. The summed E-state index contributed by atoms with van der Waals surface area (Å²) in [5.74, 6) is 1.38. The summed E-state index contributed by atoms with van der Waals surface area (Å²) in [5, 5.41) is 22.8. The molecule has 0 aromatic heterocycles. The highest BCUT2D eigenvalue weighted by Gasteiger charge is 2.16. The minimum absolute atomic E-state index is 0.150. The smallest absolute Gasteiger partial charge is 0.139 e. The van der Waals surface area contributed by atoms with E-state index in [1.54, 1.807) is 36.4 Å². The molecule has 0 bridgehead atoms. The minimum atomic E-state index is 0.150. The third-order valence-electron chi connectivity index (χ3n) is 3.01. The Morgan fingerprint density at radius 1 is 0.750 bits per heavy atom. The van der Waals surface area contributed by atoms with Crippen LogP contribution in [0.15, 0.2) is 58.5 Å². The monoisotopic (exact) mass is 267 g/mol. The van der Waals surface area contributed by atoms with E-state index in [2.05, 4.69) is 15.3 Å². The van der Waals surface area contributed by atoms with Crippen molar-refractivity contribution >= 4 is 11.7 Å². The average Bonchev–Trinajstić information content (AvgIpc) is 2.48. The third-order valence-corrected chi connectivity index (χ3v) is 3.01. The highest BCUT2D eigenvalue weighted by atomic mass is 16.3. The van der Waals surface area contributed by atoms with Gasteiger partial charge >= 0.3 is 0 Å². The van der Waals surface area contributed by atoms with E-state index in [1.165, 1.54) is 0 Å². The quantitative estimate of drug-likeness (QED) is 0.777. The molecule has 0 radical (unpaired) electrons. The van der Waals surface area contributed by atoms with Crippen molar-refractivity contribution in [1.29, 1.82) is 0 Å². The summed E-state index contributed by atoms with van der Waals surface area (Å²) in [6, 6.07) is 13.9. The highest BCUT2D eigenvalue weighted by Crippen LogP contribution is 2.20. The maximum atomic E-state index is 9.86. The molecule has 0 spiro atoms. The topological polar surface area (TPSA) is 77.2 Å². The molecule has 0 amide bonds. The van der Waals surface area contributed by atoms with Gasteiger partial charge in [0.25, 0.3) is 0 Å². The first-order chi connectivity index (χ1) is 9.75. The van der Waals surface area contributed by atoms with Crippen LogP contribution >= 0.6 is 0 Å². The predicted molar refractivity (Wildman–Crippen MR) is 77.3 cm³/mol. The fraction of sp³-hybridized carbons (Fsp3) is 0.0667. The lowest BCUT2D eigenvalue weighted by Gasteiger charge is -2.17. The number of phenols is 2. The van der Waals surface area contributed by atoms with Crippen molar-refractivity contribution in [2.75, 3.05) is 6.67 Å². The second-order valence-corrected chi connectivity index (χ2v) is 4.31. The van der Waals surface area contributed by atoms with Gasteiger partial charge in [0.15, 0.2) is 0 Å². The van der Waals surface area contributed by atoms with Crippen molar-refractivity contribution < 1.29 is 10.2 Å². The van der Waals surface area contributed by atoms with Gasteiger partial charge in [-0.1, -0.05) is 24.3 Å². The van der Waals surface area contributed by atoms with Gasteiger partial charge in [-0.2, -0.15) is 0 Å². The number of nitrogens with zero attached hydrogens (tertiary/aromatic N) is 2. The van der Waals surface area contributed by atoms with Gasteiger partial charge in [-0.25, -0.2) is 9.98 Å². The van der Waals surface area contributed by atoms with E-state index < -0.39 is 0 Å². The standard InChI is InChI=1S/C15H13N3O2/c19-12-7-3-1-5-10(12)14-16-9-17-15(18-14)11-6-2-4-8-13(11)20/h1-8,19-20H,9H2,(H,16,17,18). The first-order valence-electron chi connectivity index (χ1n) is 6.18. The summed E-state index contributed by atoms with van der Waals surface area (Å²) in [5.41, 5.74) is 1.21.